The third-order valence-electron chi connectivity index (χ3n) is 5.06. The fourth-order valence-electron chi connectivity index (χ4n) is 3.04. The number of nitro benzene ring substituents is 1. The van der Waals surface area contributed by atoms with Gasteiger partial charge in [-0.15, -0.1) is 0 Å². The number of hydrogen-bond acceptors (Lipinski definition) is 6. The molecule has 0 aliphatic heterocycles. The van der Waals surface area contributed by atoms with Gasteiger partial charge in [-0.2, -0.15) is 4.98 Å². The van der Waals surface area contributed by atoms with Crippen molar-refractivity contribution in [2.45, 2.75) is 39.2 Å². The third-order valence-corrected chi connectivity index (χ3v) is 5.06. The van der Waals surface area contributed by atoms with Crippen LogP contribution in [0.1, 0.15) is 44.2 Å². The lowest BCUT2D eigenvalue weighted by molar-refractivity contribution is -0.384. The zero-order chi connectivity index (χ0) is 21.5. The molecule has 0 saturated heterocycles. The van der Waals surface area contributed by atoms with E-state index in [2.05, 4.69) is 15.5 Å². The molecule has 1 N–H and O–H groups in total. The summed E-state index contributed by atoms with van der Waals surface area (Å²) >= 11 is 0. The number of rotatable bonds is 9. The molecule has 0 spiro atoms. The van der Waals surface area contributed by atoms with Gasteiger partial charge in [-0.25, -0.2) is 0 Å². The van der Waals surface area contributed by atoms with Gasteiger partial charge in [-0.1, -0.05) is 55.8 Å². The second-order valence-electron chi connectivity index (χ2n) is 7.18. The Bertz CT molecular complexity index is 986. The molecule has 0 radical (unpaired) electrons. The first-order valence-electron chi connectivity index (χ1n) is 9.89. The summed E-state index contributed by atoms with van der Waals surface area (Å²) in [4.78, 5) is 27.3. The Morgan fingerprint density at radius 3 is 2.50 bits per heavy atom. The van der Waals surface area contributed by atoms with E-state index in [1.165, 1.54) is 12.1 Å². The van der Waals surface area contributed by atoms with Crippen molar-refractivity contribution >= 4 is 11.6 Å². The molecule has 30 heavy (non-hydrogen) atoms. The van der Waals surface area contributed by atoms with E-state index < -0.39 is 11.0 Å². The molecule has 8 heteroatoms. The first kappa shape index (κ1) is 21.2. The fourth-order valence-corrected chi connectivity index (χ4v) is 3.04. The van der Waals surface area contributed by atoms with Gasteiger partial charge in [0.2, 0.25) is 17.6 Å². The van der Waals surface area contributed by atoms with Crippen molar-refractivity contribution in [1.82, 2.24) is 15.5 Å². The maximum absolute atomic E-state index is 12.5. The number of aromatic nitrogens is 2. The number of benzene rings is 2. The summed E-state index contributed by atoms with van der Waals surface area (Å²) in [7, 11) is 0. The van der Waals surface area contributed by atoms with Gasteiger partial charge in [0.15, 0.2) is 0 Å². The Kier molecular flexibility index (Phi) is 6.90. The Morgan fingerprint density at radius 2 is 1.87 bits per heavy atom. The molecule has 2 aromatic carbocycles. The van der Waals surface area contributed by atoms with Crippen LogP contribution in [0, 0.1) is 16.0 Å². The van der Waals surface area contributed by atoms with Crippen LogP contribution in [0.5, 0.6) is 0 Å². The lowest BCUT2D eigenvalue weighted by atomic mass is 9.98. The van der Waals surface area contributed by atoms with Crippen LogP contribution in [0.4, 0.5) is 5.69 Å². The first-order chi connectivity index (χ1) is 14.5. The summed E-state index contributed by atoms with van der Waals surface area (Å²) in [5.74, 6) is 0.660. The number of aryl methyl sites for hydroxylation is 1. The minimum absolute atomic E-state index is 0.00868. The van der Waals surface area contributed by atoms with E-state index >= 15 is 0 Å². The predicted octanol–water partition coefficient (Wildman–Crippen LogP) is 4.48. The number of nitrogens with one attached hydrogen (secondary N) is 1. The van der Waals surface area contributed by atoms with Crippen molar-refractivity contribution in [3.63, 3.8) is 0 Å². The van der Waals surface area contributed by atoms with Gasteiger partial charge in [0.05, 0.1) is 4.92 Å². The van der Waals surface area contributed by atoms with E-state index in [1.807, 2.05) is 44.2 Å². The maximum atomic E-state index is 12.5. The molecule has 156 valence electrons. The van der Waals surface area contributed by atoms with Gasteiger partial charge in [0, 0.05) is 24.1 Å². The number of hydrogen-bond donors (Lipinski definition) is 1. The number of nitrogens with zero attached hydrogens (tertiary/aromatic N) is 3. The highest BCUT2D eigenvalue weighted by Gasteiger charge is 2.26. The van der Waals surface area contributed by atoms with Gasteiger partial charge < -0.3 is 9.84 Å². The van der Waals surface area contributed by atoms with Crippen molar-refractivity contribution in [2.75, 3.05) is 0 Å². The summed E-state index contributed by atoms with van der Waals surface area (Å²) in [5.41, 5.74) is 1.70. The molecule has 0 aliphatic carbocycles. The number of nitro groups is 1. The van der Waals surface area contributed by atoms with Crippen LogP contribution >= 0.6 is 0 Å². The summed E-state index contributed by atoms with van der Waals surface area (Å²) in [6.45, 7) is 4.04. The zero-order valence-corrected chi connectivity index (χ0v) is 16.9. The highest BCUT2D eigenvalue weighted by Crippen LogP contribution is 2.26. The fraction of sp³-hybridized carbons (Fsp3) is 0.318. The van der Waals surface area contributed by atoms with Gasteiger partial charge in [-0.05, 0) is 30.0 Å². The van der Waals surface area contributed by atoms with E-state index in [1.54, 1.807) is 12.1 Å². The quantitative estimate of drug-likeness (QED) is 0.413. The van der Waals surface area contributed by atoms with Gasteiger partial charge in [-0.3, -0.25) is 14.9 Å². The second-order valence-corrected chi connectivity index (χ2v) is 7.18. The maximum Gasteiger partial charge on any atom is 0.269 e. The average Bonchev–Trinajstić information content (AvgIpc) is 3.26. The monoisotopic (exact) mass is 408 g/mol. The van der Waals surface area contributed by atoms with E-state index in [0.29, 0.717) is 30.1 Å². The molecule has 1 aromatic heterocycles. The summed E-state index contributed by atoms with van der Waals surface area (Å²) in [5, 5.41) is 17.8. The molecular weight excluding hydrogens is 384 g/mol. The number of carbonyl (C=O) groups is 1. The molecule has 0 aliphatic rings. The zero-order valence-electron chi connectivity index (χ0n) is 16.9. The number of carbonyl (C=O) groups excluding carboxylic acids is 1. The SMILES string of the molecule is CCC(C)C(NC(=O)CCc1ccccc1)c1nc(-c2ccc([N+](=O)[O-])cc2)no1. The average molecular weight is 408 g/mol. The highest BCUT2D eigenvalue weighted by molar-refractivity contribution is 5.76. The lowest BCUT2D eigenvalue weighted by Gasteiger charge is -2.20. The summed E-state index contributed by atoms with van der Waals surface area (Å²) in [6, 6.07) is 15.4. The minimum Gasteiger partial charge on any atom is -0.344 e. The van der Waals surface area contributed by atoms with E-state index in [4.69, 9.17) is 4.52 Å². The molecule has 8 nitrogen and oxygen atoms in total. The minimum atomic E-state index is -0.463. The largest absolute Gasteiger partial charge is 0.344 e. The van der Waals surface area contributed by atoms with Crippen LogP contribution in [-0.4, -0.2) is 21.0 Å². The molecule has 1 heterocycles. The predicted molar refractivity (Wildman–Crippen MR) is 111 cm³/mol. The van der Waals surface area contributed by atoms with E-state index in [9.17, 15) is 14.9 Å². The first-order valence-corrected chi connectivity index (χ1v) is 9.89. The molecule has 0 saturated carbocycles. The van der Waals surface area contributed by atoms with Crippen molar-refractivity contribution in [3.05, 3.63) is 76.2 Å². The summed E-state index contributed by atoms with van der Waals surface area (Å²) in [6.07, 6.45) is 1.83. The topological polar surface area (TPSA) is 111 Å². The standard InChI is InChI=1S/C22H24N4O4/c1-3-15(2)20(23-19(27)14-9-16-7-5-4-6-8-16)22-24-21(25-30-22)17-10-12-18(13-11-17)26(28)29/h4-8,10-13,15,20H,3,9,14H2,1-2H3,(H,23,27). The molecule has 2 atom stereocenters. The van der Waals surface area contributed by atoms with Gasteiger partial charge >= 0.3 is 0 Å². The van der Waals surface area contributed by atoms with Crippen LogP contribution < -0.4 is 5.32 Å². The molecule has 0 fully saturated rings. The Hall–Kier alpha value is -3.55. The number of amides is 1. The number of non-ortho nitro benzene ring substituents is 1. The Labute approximate surface area is 174 Å². The van der Waals surface area contributed by atoms with Crippen molar-refractivity contribution < 1.29 is 14.2 Å². The van der Waals surface area contributed by atoms with Crippen molar-refractivity contribution in [2.24, 2.45) is 5.92 Å². The van der Waals surface area contributed by atoms with Gasteiger partial charge in [0.25, 0.3) is 5.69 Å². The highest BCUT2D eigenvalue weighted by atomic mass is 16.6. The van der Waals surface area contributed by atoms with Crippen LogP contribution in [0.2, 0.25) is 0 Å². The van der Waals surface area contributed by atoms with Gasteiger partial charge in [0.1, 0.15) is 6.04 Å². The third kappa shape index (κ3) is 5.28. The van der Waals surface area contributed by atoms with E-state index in [0.717, 1.165) is 12.0 Å². The Balaban J connectivity index is 1.71. The normalized spacial score (nSPS) is 12.9. The lowest BCUT2D eigenvalue weighted by Crippen LogP contribution is -2.32. The van der Waals surface area contributed by atoms with Crippen molar-refractivity contribution in [3.8, 4) is 11.4 Å². The molecule has 3 rings (SSSR count). The molecular formula is C22H24N4O4. The summed E-state index contributed by atoms with van der Waals surface area (Å²) < 4.78 is 5.44. The molecule has 1 amide bonds. The van der Waals surface area contributed by atoms with E-state index in [-0.39, 0.29) is 17.5 Å². The molecule has 3 aromatic rings. The molecule has 0 bridgehead atoms. The Morgan fingerprint density at radius 1 is 1.17 bits per heavy atom. The van der Waals surface area contributed by atoms with Crippen LogP contribution in [-0.2, 0) is 11.2 Å². The van der Waals surface area contributed by atoms with Crippen molar-refractivity contribution in [1.29, 1.82) is 0 Å². The van der Waals surface area contributed by atoms with Crippen LogP contribution in [0.3, 0.4) is 0 Å². The second kappa shape index (κ2) is 9.78. The van der Waals surface area contributed by atoms with Crippen LogP contribution in [0.25, 0.3) is 11.4 Å². The smallest absolute Gasteiger partial charge is 0.269 e. The van der Waals surface area contributed by atoms with Crippen LogP contribution in [0.15, 0.2) is 59.1 Å². The molecule has 2 unspecified atom stereocenters.